The zero-order valence-corrected chi connectivity index (χ0v) is 14.2. The summed E-state index contributed by atoms with van der Waals surface area (Å²) in [6, 6.07) is 0. The summed E-state index contributed by atoms with van der Waals surface area (Å²) < 4.78 is 12.4. The summed E-state index contributed by atoms with van der Waals surface area (Å²) in [5, 5.41) is 8.43. The average Bonchev–Trinajstić information content (AvgIpc) is 2.51. The fourth-order valence-electron chi connectivity index (χ4n) is 2.24. The predicted octanol–water partition coefficient (Wildman–Crippen LogP) is 2.38. The molecule has 130 valence electrons. The number of halogens is 1. The molecule has 1 aromatic rings. The molecule has 23 heavy (non-hydrogen) atoms. The first-order valence-corrected chi connectivity index (χ1v) is 7.95. The second kappa shape index (κ2) is 8.76. The summed E-state index contributed by atoms with van der Waals surface area (Å²) in [6.45, 7) is 7.71. The molecule has 1 fully saturated rings. The average molecular weight is 326 g/mol. The number of aliphatic hydroxyl groups is 1. The molecular weight excluding hydrogens is 299 g/mol. The van der Waals surface area contributed by atoms with Crippen LogP contribution in [0.4, 0.5) is 16.0 Å². The van der Waals surface area contributed by atoms with Crippen LogP contribution in [-0.2, 0) is 0 Å². The zero-order chi connectivity index (χ0) is 17.6. The Kier molecular flexibility index (Phi) is 7.35. The minimum Gasteiger partial charge on any atom is -0.396 e. The quantitative estimate of drug-likeness (QED) is 0.739. The summed E-state index contributed by atoms with van der Waals surface area (Å²) in [7, 11) is 0. The van der Waals surface area contributed by atoms with Gasteiger partial charge < -0.3 is 10.8 Å². The fraction of sp³-hybridized carbons (Fsp3) is 0.688. The van der Waals surface area contributed by atoms with Crippen molar-refractivity contribution in [2.45, 2.75) is 46.7 Å². The number of aromatic amines is 1. The molecule has 0 bridgehead atoms. The van der Waals surface area contributed by atoms with Gasteiger partial charge in [-0.05, 0) is 31.6 Å². The largest absolute Gasteiger partial charge is 0.396 e. The number of aryl methyl sites for hydroxylation is 1. The molecule has 0 aliphatic heterocycles. The van der Waals surface area contributed by atoms with E-state index < -0.39 is 6.17 Å². The van der Waals surface area contributed by atoms with E-state index in [2.05, 4.69) is 21.9 Å². The standard InChI is InChI=1S/C10H16N4O.C6H11FO/c1-4-6(2)5-12-8-7(3)13-10(11)14-9(8)15;1-4-2-5(3-8)6(4)7/h5-6H,4H2,1-3H3,(H3,11,13,14,15);4-6,8H,2-3H2,1H3/t6-;/m1./s1. The van der Waals surface area contributed by atoms with Gasteiger partial charge in [0.1, 0.15) is 11.9 Å². The number of nitrogens with one attached hydrogen (secondary N) is 1. The number of aliphatic imine (C=N–C) groups is 1. The number of aliphatic hydroxyl groups excluding tert-OH is 1. The highest BCUT2D eigenvalue weighted by Gasteiger charge is 2.37. The maximum atomic E-state index is 12.4. The molecule has 1 aromatic heterocycles. The number of aromatic nitrogens is 2. The molecule has 6 nitrogen and oxygen atoms in total. The van der Waals surface area contributed by atoms with Gasteiger partial charge in [-0.1, -0.05) is 20.8 Å². The van der Waals surface area contributed by atoms with Crippen molar-refractivity contribution in [3.63, 3.8) is 0 Å². The smallest absolute Gasteiger partial charge is 0.278 e. The molecule has 0 saturated heterocycles. The summed E-state index contributed by atoms with van der Waals surface area (Å²) in [5.74, 6) is 0.610. The Labute approximate surface area is 136 Å². The Bertz CT molecular complexity index is 588. The number of hydrogen-bond acceptors (Lipinski definition) is 5. The Hall–Kier alpha value is -1.76. The maximum absolute atomic E-state index is 12.4. The lowest BCUT2D eigenvalue weighted by Gasteiger charge is -2.35. The maximum Gasteiger partial charge on any atom is 0.278 e. The van der Waals surface area contributed by atoms with Crippen LogP contribution in [0, 0.1) is 24.7 Å². The van der Waals surface area contributed by atoms with Gasteiger partial charge in [-0.25, -0.2) is 9.37 Å². The van der Waals surface area contributed by atoms with Crippen molar-refractivity contribution in [3.8, 4) is 0 Å². The second-order valence-corrected chi connectivity index (χ2v) is 6.15. The third-order valence-corrected chi connectivity index (χ3v) is 4.09. The van der Waals surface area contributed by atoms with Gasteiger partial charge in [-0.3, -0.25) is 14.8 Å². The van der Waals surface area contributed by atoms with E-state index in [-0.39, 0.29) is 30.0 Å². The highest BCUT2D eigenvalue weighted by molar-refractivity contribution is 5.65. The topological polar surface area (TPSA) is 104 Å². The lowest BCUT2D eigenvalue weighted by atomic mass is 9.75. The number of alkyl halides is 1. The van der Waals surface area contributed by atoms with E-state index >= 15 is 0 Å². The van der Waals surface area contributed by atoms with Crippen molar-refractivity contribution in [1.82, 2.24) is 9.97 Å². The molecule has 3 unspecified atom stereocenters. The van der Waals surface area contributed by atoms with E-state index in [0.717, 1.165) is 12.8 Å². The molecule has 1 aliphatic rings. The molecule has 1 aliphatic carbocycles. The first-order chi connectivity index (χ1) is 10.8. The van der Waals surface area contributed by atoms with Crippen molar-refractivity contribution in [2.75, 3.05) is 12.3 Å². The van der Waals surface area contributed by atoms with Gasteiger partial charge in [0.25, 0.3) is 5.56 Å². The van der Waals surface area contributed by atoms with Gasteiger partial charge in [0, 0.05) is 18.7 Å². The fourth-order valence-corrected chi connectivity index (χ4v) is 2.24. The number of anilines is 1. The van der Waals surface area contributed by atoms with Crippen LogP contribution in [0.2, 0.25) is 0 Å². The van der Waals surface area contributed by atoms with Crippen molar-refractivity contribution < 1.29 is 9.50 Å². The van der Waals surface area contributed by atoms with Crippen LogP contribution in [0.3, 0.4) is 0 Å². The molecule has 2 rings (SSSR count). The monoisotopic (exact) mass is 326 g/mol. The zero-order valence-electron chi connectivity index (χ0n) is 14.2. The first-order valence-electron chi connectivity index (χ1n) is 7.95. The molecule has 1 saturated carbocycles. The molecule has 4 N–H and O–H groups in total. The summed E-state index contributed by atoms with van der Waals surface area (Å²) >= 11 is 0. The van der Waals surface area contributed by atoms with Crippen LogP contribution < -0.4 is 11.3 Å². The minimum absolute atomic E-state index is 0.0194. The van der Waals surface area contributed by atoms with Crippen LogP contribution in [0.5, 0.6) is 0 Å². The Balaban J connectivity index is 0.000000277. The van der Waals surface area contributed by atoms with Crippen molar-refractivity contribution in [1.29, 1.82) is 0 Å². The molecule has 0 aromatic carbocycles. The Morgan fingerprint density at radius 1 is 1.61 bits per heavy atom. The van der Waals surface area contributed by atoms with Crippen molar-refractivity contribution in [2.24, 2.45) is 22.7 Å². The van der Waals surface area contributed by atoms with Crippen LogP contribution >= 0.6 is 0 Å². The van der Waals surface area contributed by atoms with E-state index in [0.29, 0.717) is 17.3 Å². The number of H-pyrrole nitrogens is 1. The van der Waals surface area contributed by atoms with Gasteiger partial charge in [-0.2, -0.15) is 0 Å². The van der Waals surface area contributed by atoms with Crippen LogP contribution in [-0.4, -0.2) is 34.1 Å². The molecule has 7 heteroatoms. The van der Waals surface area contributed by atoms with Gasteiger partial charge in [-0.15, -0.1) is 0 Å². The van der Waals surface area contributed by atoms with E-state index in [1.807, 2.05) is 13.8 Å². The second-order valence-electron chi connectivity index (χ2n) is 6.15. The van der Waals surface area contributed by atoms with E-state index in [4.69, 9.17) is 10.8 Å². The summed E-state index contributed by atoms with van der Waals surface area (Å²) in [6.07, 6.45) is 2.87. The lowest BCUT2D eigenvalue weighted by molar-refractivity contribution is 0.00363. The third-order valence-electron chi connectivity index (χ3n) is 4.09. The van der Waals surface area contributed by atoms with Gasteiger partial charge in [0.15, 0.2) is 0 Å². The molecule has 1 heterocycles. The molecule has 0 amide bonds. The molecule has 0 radical (unpaired) electrons. The van der Waals surface area contributed by atoms with Crippen molar-refractivity contribution >= 4 is 17.9 Å². The Morgan fingerprint density at radius 2 is 2.26 bits per heavy atom. The van der Waals surface area contributed by atoms with Crippen LogP contribution in [0.1, 0.15) is 39.3 Å². The molecule has 4 atom stereocenters. The molecule has 0 spiro atoms. The molecular formula is C16H27FN4O2. The van der Waals surface area contributed by atoms with E-state index in [1.54, 1.807) is 13.1 Å². The van der Waals surface area contributed by atoms with Gasteiger partial charge in [0.2, 0.25) is 5.95 Å². The van der Waals surface area contributed by atoms with E-state index in [9.17, 15) is 9.18 Å². The number of nitrogens with two attached hydrogens (primary N) is 1. The number of nitrogens with zero attached hydrogens (tertiary/aromatic N) is 2. The number of nitrogen functional groups attached to an aromatic ring is 1. The number of hydrogen-bond donors (Lipinski definition) is 3. The van der Waals surface area contributed by atoms with E-state index in [1.165, 1.54) is 0 Å². The normalized spacial score (nSPS) is 24.7. The van der Waals surface area contributed by atoms with Gasteiger partial charge in [0.05, 0.1) is 5.69 Å². The first kappa shape index (κ1) is 19.3. The summed E-state index contributed by atoms with van der Waals surface area (Å²) in [5.41, 5.74) is 5.99. The van der Waals surface area contributed by atoms with Crippen LogP contribution in [0.25, 0.3) is 0 Å². The minimum atomic E-state index is -0.736. The third kappa shape index (κ3) is 5.42. The van der Waals surface area contributed by atoms with Crippen molar-refractivity contribution in [3.05, 3.63) is 16.0 Å². The SMILES string of the molecule is CC1CC(CO)C1F.CC[C@@H](C)C=Nc1c(C)nc(N)[nH]c1=O. The van der Waals surface area contributed by atoms with Crippen LogP contribution in [0.15, 0.2) is 9.79 Å². The predicted molar refractivity (Wildman–Crippen MR) is 90.9 cm³/mol. The summed E-state index contributed by atoms with van der Waals surface area (Å²) in [4.78, 5) is 22.0. The Morgan fingerprint density at radius 3 is 2.65 bits per heavy atom. The van der Waals surface area contributed by atoms with Gasteiger partial charge >= 0.3 is 0 Å². The highest BCUT2D eigenvalue weighted by Crippen LogP contribution is 2.35. The lowest BCUT2D eigenvalue weighted by Crippen LogP contribution is -2.38. The number of rotatable bonds is 4. The highest BCUT2D eigenvalue weighted by atomic mass is 19.1.